The van der Waals surface area contributed by atoms with Gasteiger partial charge < -0.3 is 20.2 Å². The van der Waals surface area contributed by atoms with Gasteiger partial charge in [-0.1, -0.05) is 11.6 Å². The molecule has 2 fully saturated rings. The summed E-state index contributed by atoms with van der Waals surface area (Å²) in [5, 5.41) is 12.2. The van der Waals surface area contributed by atoms with E-state index in [1.807, 2.05) is 4.90 Å². The number of hydrogen-bond donors (Lipinski definition) is 2. The molecular weight excluding hydrogens is 385 g/mol. The van der Waals surface area contributed by atoms with Crippen LogP contribution in [0.4, 0.5) is 9.18 Å². The fraction of sp³-hybridized carbons (Fsp3) is 0.600. The standard InChI is InChI=1S/C20H27ClFN3O3/c1-13-9-14(18(22)10-17(13)21)11-23-20(28)25(15-4-5-15)16-3-2-7-24(12-16)19(27)6-8-26/h9-10,15-16,26H,2-8,11-12H2,1H3,(H,23,28)/t16-/m1/s1. The first kappa shape index (κ1) is 20.9. The fourth-order valence-corrected chi connectivity index (χ4v) is 3.91. The zero-order valence-electron chi connectivity index (χ0n) is 16.1. The Labute approximate surface area is 169 Å². The van der Waals surface area contributed by atoms with Gasteiger partial charge in [0.05, 0.1) is 12.6 Å². The summed E-state index contributed by atoms with van der Waals surface area (Å²) in [7, 11) is 0. The molecule has 0 bridgehead atoms. The lowest BCUT2D eigenvalue weighted by Gasteiger charge is -2.39. The van der Waals surface area contributed by atoms with Crippen LogP contribution in [0.15, 0.2) is 12.1 Å². The highest BCUT2D eigenvalue weighted by Crippen LogP contribution is 2.31. The molecule has 1 heterocycles. The second-order valence-electron chi connectivity index (χ2n) is 7.60. The first-order valence-electron chi connectivity index (χ1n) is 9.80. The maximum atomic E-state index is 14.1. The Morgan fingerprint density at radius 1 is 1.32 bits per heavy atom. The molecule has 1 aliphatic carbocycles. The highest BCUT2D eigenvalue weighted by molar-refractivity contribution is 6.31. The predicted octanol–water partition coefficient (Wildman–Crippen LogP) is 2.83. The molecule has 1 aliphatic heterocycles. The molecule has 0 unspecified atom stereocenters. The molecule has 6 nitrogen and oxygen atoms in total. The van der Waals surface area contributed by atoms with Crippen LogP contribution in [0, 0.1) is 12.7 Å². The van der Waals surface area contributed by atoms with Gasteiger partial charge in [0, 0.05) is 42.7 Å². The van der Waals surface area contributed by atoms with Gasteiger partial charge in [0.25, 0.3) is 0 Å². The van der Waals surface area contributed by atoms with Crippen molar-refractivity contribution in [3.8, 4) is 0 Å². The van der Waals surface area contributed by atoms with Gasteiger partial charge in [0.15, 0.2) is 0 Å². The summed E-state index contributed by atoms with van der Waals surface area (Å²) in [5.74, 6) is -0.519. The molecule has 3 amide bonds. The molecule has 1 atom stereocenters. The molecule has 0 radical (unpaired) electrons. The van der Waals surface area contributed by atoms with Crippen molar-refractivity contribution in [3.63, 3.8) is 0 Å². The third-order valence-corrected chi connectivity index (χ3v) is 5.81. The third-order valence-electron chi connectivity index (χ3n) is 5.40. The van der Waals surface area contributed by atoms with Gasteiger partial charge in [-0.25, -0.2) is 9.18 Å². The summed E-state index contributed by atoms with van der Waals surface area (Å²) < 4.78 is 14.1. The second kappa shape index (κ2) is 9.09. The summed E-state index contributed by atoms with van der Waals surface area (Å²) in [6, 6.07) is 2.81. The first-order valence-corrected chi connectivity index (χ1v) is 10.2. The topological polar surface area (TPSA) is 72.9 Å². The maximum Gasteiger partial charge on any atom is 0.318 e. The van der Waals surface area contributed by atoms with E-state index in [1.54, 1.807) is 17.9 Å². The van der Waals surface area contributed by atoms with Crippen molar-refractivity contribution in [1.82, 2.24) is 15.1 Å². The molecule has 0 spiro atoms. The van der Waals surface area contributed by atoms with Crippen LogP contribution >= 0.6 is 11.6 Å². The number of likely N-dealkylation sites (tertiary alicyclic amines) is 1. The minimum atomic E-state index is -0.438. The number of carbonyl (C=O) groups excluding carboxylic acids is 2. The number of carbonyl (C=O) groups is 2. The van der Waals surface area contributed by atoms with E-state index in [0.717, 1.165) is 31.2 Å². The van der Waals surface area contributed by atoms with Crippen molar-refractivity contribution >= 4 is 23.5 Å². The van der Waals surface area contributed by atoms with Crippen LogP contribution < -0.4 is 5.32 Å². The Morgan fingerprint density at radius 2 is 2.07 bits per heavy atom. The summed E-state index contributed by atoms with van der Waals surface area (Å²) in [4.78, 5) is 28.6. The van der Waals surface area contributed by atoms with Crippen LogP contribution in [-0.2, 0) is 11.3 Å². The normalized spacial score (nSPS) is 19.4. The van der Waals surface area contributed by atoms with E-state index in [0.29, 0.717) is 23.7 Å². The SMILES string of the molecule is Cc1cc(CNC(=O)N(C2CC2)[C@@H]2CCCN(C(=O)CCO)C2)c(F)cc1Cl. The Hall–Kier alpha value is -1.86. The maximum absolute atomic E-state index is 14.1. The summed E-state index contributed by atoms with van der Waals surface area (Å²) in [6.45, 7) is 2.86. The highest BCUT2D eigenvalue weighted by Gasteiger charge is 2.39. The number of piperidine rings is 1. The fourth-order valence-electron chi connectivity index (χ4n) is 3.76. The summed E-state index contributed by atoms with van der Waals surface area (Å²) in [5.41, 5.74) is 1.16. The molecule has 2 aliphatic rings. The van der Waals surface area contributed by atoms with Gasteiger partial charge in [0.1, 0.15) is 5.82 Å². The van der Waals surface area contributed by atoms with Crippen molar-refractivity contribution in [1.29, 1.82) is 0 Å². The number of urea groups is 1. The molecule has 28 heavy (non-hydrogen) atoms. The van der Waals surface area contributed by atoms with Crippen molar-refractivity contribution < 1.29 is 19.1 Å². The molecular formula is C20H27ClFN3O3. The van der Waals surface area contributed by atoms with Crippen LogP contribution in [0.1, 0.15) is 43.2 Å². The highest BCUT2D eigenvalue weighted by atomic mass is 35.5. The Morgan fingerprint density at radius 3 is 2.75 bits per heavy atom. The summed E-state index contributed by atoms with van der Waals surface area (Å²) in [6.07, 6.45) is 3.66. The minimum absolute atomic E-state index is 0.0549. The zero-order chi connectivity index (χ0) is 20.3. The molecule has 1 aromatic rings. The average molecular weight is 412 g/mol. The molecule has 154 valence electrons. The van der Waals surface area contributed by atoms with E-state index in [-0.39, 0.29) is 43.6 Å². The summed E-state index contributed by atoms with van der Waals surface area (Å²) >= 11 is 5.93. The third kappa shape index (κ3) is 4.94. The molecule has 1 aromatic carbocycles. The number of halogens is 2. The number of rotatable bonds is 6. The first-order chi connectivity index (χ1) is 13.4. The van der Waals surface area contributed by atoms with Crippen LogP contribution in [0.25, 0.3) is 0 Å². The quantitative estimate of drug-likeness (QED) is 0.756. The smallest absolute Gasteiger partial charge is 0.318 e. The number of aryl methyl sites for hydroxylation is 1. The Bertz CT molecular complexity index is 742. The monoisotopic (exact) mass is 411 g/mol. The largest absolute Gasteiger partial charge is 0.396 e. The van der Waals surface area contributed by atoms with Crippen molar-refractivity contribution in [2.45, 2.75) is 57.7 Å². The number of aliphatic hydroxyl groups excluding tert-OH is 1. The van der Waals surface area contributed by atoms with Crippen LogP contribution in [0.5, 0.6) is 0 Å². The lowest BCUT2D eigenvalue weighted by Crippen LogP contribution is -2.55. The van der Waals surface area contributed by atoms with E-state index in [1.165, 1.54) is 6.07 Å². The van der Waals surface area contributed by atoms with E-state index >= 15 is 0 Å². The lowest BCUT2D eigenvalue weighted by atomic mass is 10.0. The second-order valence-corrected chi connectivity index (χ2v) is 8.01. The van der Waals surface area contributed by atoms with Gasteiger partial charge in [0.2, 0.25) is 5.91 Å². The predicted molar refractivity (Wildman–Crippen MR) is 105 cm³/mol. The lowest BCUT2D eigenvalue weighted by molar-refractivity contribution is -0.133. The number of aliphatic hydroxyl groups is 1. The molecule has 2 N–H and O–H groups in total. The van der Waals surface area contributed by atoms with Crippen LogP contribution in [0.3, 0.4) is 0 Å². The molecule has 1 saturated heterocycles. The molecule has 3 rings (SSSR count). The van der Waals surface area contributed by atoms with Crippen molar-refractivity contribution in [2.75, 3.05) is 19.7 Å². The number of hydrogen-bond acceptors (Lipinski definition) is 3. The van der Waals surface area contributed by atoms with Gasteiger partial charge in [-0.2, -0.15) is 0 Å². The molecule has 8 heteroatoms. The van der Waals surface area contributed by atoms with Crippen molar-refractivity contribution in [3.05, 3.63) is 34.1 Å². The molecule has 0 aromatic heterocycles. The van der Waals surface area contributed by atoms with Crippen LogP contribution in [-0.4, -0.2) is 58.6 Å². The van der Waals surface area contributed by atoms with Crippen LogP contribution in [0.2, 0.25) is 5.02 Å². The molecule has 1 saturated carbocycles. The Balaban J connectivity index is 1.64. The number of amides is 3. The zero-order valence-corrected chi connectivity index (χ0v) is 16.8. The number of nitrogens with one attached hydrogen (secondary N) is 1. The van der Waals surface area contributed by atoms with E-state index in [2.05, 4.69) is 5.32 Å². The van der Waals surface area contributed by atoms with Gasteiger partial charge >= 0.3 is 6.03 Å². The van der Waals surface area contributed by atoms with Gasteiger partial charge in [-0.3, -0.25) is 4.79 Å². The van der Waals surface area contributed by atoms with Gasteiger partial charge in [-0.15, -0.1) is 0 Å². The van der Waals surface area contributed by atoms with Gasteiger partial charge in [-0.05, 0) is 50.3 Å². The van der Waals surface area contributed by atoms with E-state index < -0.39 is 5.82 Å². The average Bonchev–Trinajstić information content (AvgIpc) is 3.49. The number of benzene rings is 1. The van der Waals surface area contributed by atoms with E-state index in [4.69, 9.17) is 16.7 Å². The number of nitrogens with zero attached hydrogens (tertiary/aromatic N) is 2. The minimum Gasteiger partial charge on any atom is -0.396 e. The van der Waals surface area contributed by atoms with E-state index in [9.17, 15) is 14.0 Å². The Kier molecular flexibility index (Phi) is 6.78. The van der Waals surface area contributed by atoms with Crippen molar-refractivity contribution in [2.24, 2.45) is 0 Å².